The second kappa shape index (κ2) is 5.73. The van der Waals surface area contributed by atoms with E-state index in [0.717, 1.165) is 26.7 Å². The number of hydrogen-bond acceptors (Lipinski definition) is 3. The van der Waals surface area contributed by atoms with Gasteiger partial charge in [0.2, 0.25) is 5.43 Å². The quantitative estimate of drug-likeness (QED) is 0.414. The number of fused-ring (bicyclic) bond motifs is 4. The zero-order chi connectivity index (χ0) is 16.7. The molecule has 118 valence electrons. The molecule has 0 radical (unpaired) electrons. The monoisotopic (exact) mass is 333 g/mol. The molecule has 0 spiro atoms. The van der Waals surface area contributed by atoms with Gasteiger partial charge in [-0.3, -0.25) is 9.59 Å². The predicted octanol–water partition coefficient (Wildman–Crippen LogP) is 4.31. The predicted molar refractivity (Wildman–Crippen MR) is 102 cm³/mol. The molecule has 3 nitrogen and oxygen atoms in total. The normalized spacial score (nSPS) is 11.3. The highest BCUT2D eigenvalue weighted by Gasteiger charge is 2.18. The summed E-state index contributed by atoms with van der Waals surface area (Å²) in [5.74, 6) is 0. The molecule has 0 aliphatic heterocycles. The summed E-state index contributed by atoms with van der Waals surface area (Å²) >= 11 is 1.63. The zero-order valence-corrected chi connectivity index (χ0v) is 13.8. The zero-order valence-electron chi connectivity index (χ0n) is 13.0. The van der Waals surface area contributed by atoms with E-state index in [1.165, 1.54) is 0 Å². The molecule has 0 saturated heterocycles. The molecule has 0 atom stereocenters. The largest absolute Gasteiger partial charge is 0.336 e. The summed E-state index contributed by atoms with van der Waals surface area (Å²) in [6.45, 7) is 4.40. The lowest BCUT2D eigenvalue weighted by molar-refractivity contribution is 0.756. The maximum absolute atomic E-state index is 12.4. The maximum atomic E-state index is 12.4. The van der Waals surface area contributed by atoms with Gasteiger partial charge in [-0.25, -0.2) is 0 Å². The summed E-state index contributed by atoms with van der Waals surface area (Å²) in [7, 11) is 0. The van der Waals surface area contributed by atoms with E-state index in [9.17, 15) is 9.59 Å². The summed E-state index contributed by atoms with van der Waals surface area (Å²) in [6, 6.07) is 15.8. The lowest BCUT2D eigenvalue weighted by atomic mass is 10.1. The summed E-state index contributed by atoms with van der Waals surface area (Å²) in [6.07, 6.45) is 2.56. The Hall–Kier alpha value is -2.72. The van der Waals surface area contributed by atoms with Crippen LogP contribution in [0.3, 0.4) is 0 Å². The van der Waals surface area contributed by atoms with Crippen LogP contribution in [-0.2, 0) is 6.54 Å². The fraction of sp³-hybridized carbons (Fsp3) is 0.100. The Bertz CT molecular complexity index is 1220. The topological polar surface area (TPSA) is 39.1 Å². The lowest BCUT2D eigenvalue weighted by Crippen LogP contribution is -2.33. The molecule has 0 aliphatic rings. The van der Waals surface area contributed by atoms with Crippen LogP contribution in [-0.4, -0.2) is 4.57 Å². The molecule has 0 fully saturated rings. The molecule has 0 N–H and O–H groups in total. The van der Waals surface area contributed by atoms with Gasteiger partial charge in [0.05, 0.1) is 15.6 Å². The van der Waals surface area contributed by atoms with Gasteiger partial charge in [-0.15, -0.1) is 17.9 Å². The number of aromatic nitrogens is 1. The Kier molecular flexibility index (Phi) is 3.54. The number of allylic oxidation sites excluding steroid dienone is 1. The van der Waals surface area contributed by atoms with Crippen LogP contribution in [0.2, 0.25) is 0 Å². The fourth-order valence-electron chi connectivity index (χ4n) is 3.11. The molecule has 4 rings (SSSR count). The number of aryl methyl sites for hydroxylation is 1. The summed E-state index contributed by atoms with van der Waals surface area (Å²) < 4.78 is 4.05. The molecule has 1 aromatic heterocycles. The van der Waals surface area contributed by atoms with Gasteiger partial charge in [-0.1, -0.05) is 36.4 Å². The van der Waals surface area contributed by atoms with Crippen molar-refractivity contribution in [2.45, 2.75) is 13.0 Å². The lowest BCUT2D eigenvalue weighted by Gasteiger charge is -2.14. The first-order valence-corrected chi connectivity index (χ1v) is 8.62. The molecule has 4 heteroatoms. The summed E-state index contributed by atoms with van der Waals surface area (Å²) in [5.41, 5.74) is 0.695. The molecule has 1 heterocycles. The van der Waals surface area contributed by atoms with Crippen molar-refractivity contribution in [1.82, 2.24) is 4.57 Å². The smallest absolute Gasteiger partial charge is 0.250 e. The minimum Gasteiger partial charge on any atom is -0.336 e. The maximum Gasteiger partial charge on any atom is 0.250 e. The average Bonchev–Trinajstić information content (AvgIpc) is 2.61. The molecular formula is C20H15NO2S. The van der Waals surface area contributed by atoms with Crippen LogP contribution in [0, 0.1) is 0 Å². The second-order valence-corrected chi connectivity index (χ2v) is 6.76. The Balaban J connectivity index is 2.33. The van der Waals surface area contributed by atoms with Gasteiger partial charge in [0.15, 0.2) is 0 Å². The van der Waals surface area contributed by atoms with Crippen molar-refractivity contribution in [3.05, 3.63) is 81.6 Å². The van der Waals surface area contributed by atoms with Crippen molar-refractivity contribution in [2.24, 2.45) is 0 Å². The van der Waals surface area contributed by atoms with Gasteiger partial charge in [0.1, 0.15) is 5.52 Å². The minimum absolute atomic E-state index is 0.388. The first-order valence-electron chi connectivity index (χ1n) is 7.80. The van der Waals surface area contributed by atoms with E-state index in [1.807, 2.05) is 59.2 Å². The molecule has 0 saturated carbocycles. The standard InChI is InChI=1S/C20H15NO2S/c1-2-3-12-21-14-9-5-7-11-16(14)24-15-10-6-4-8-13(15)17-18(21)20(23)19(17)22/h2,4-11H,1,3,12H2. The van der Waals surface area contributed by atoms with E-state index in [0.29, 0.717) is 17.4 Å². The van der Waals surface area contributed by atoms with Gasteiger partial charge in [0.25, 0.3) is 5.43 Å². The Morgan fingerprint density at radius 1 is 0.958 bits per heavy atom. The van der Waals surface area contributed by atoms with Crippen LogP contribution in [0.15, 0.2) is 70.8 Å². The van der Waals surface area contributed by atoms with Gasteiger partial charge >= 0.3 is 0 Å². The van der Waals surface area contributed by atoms with Crippen LogP contribution in [0.5, 0.6) is 0 Å². The van der Waals surface area contributed by atoms with Crippen LogP contribution >= 0.6 is 11.3 Å². The van der Waals surface area contributed by atoms with Crippen LogP contribution in [0.25, 0.3) is 31.2 Å². The van der Waals surface area contributed by atoms with E-state index >= 15 is 0 Å². The van der Waals surface area contributed by atoms with Gasteiger partial charge in [0, 0.05) is 16.6 Å². The van der Waals surface area contributed by atoms with Gasteiger partial charge < -0.3 is 4.57 Å². The van der Waals surface area contributed by atoms with Crippen LogP contribution < -0.4 is 10.9 Å². The number of hydrogen-bond donors (Lipinski definition) is 0. The second-order valence-electron chi connectivity index (χ2n) is 5.68. The molecule has 0 amide bonds. The Morgan fingerprint density at radius 3 is 2.46 bits per heavy atom. The van der Waals surface area contributed by atoms with E-state index in [1.54, 1.807) is 11.3 Å². The molecule has 24 heavy (non-hydrogen) atoms. The van der Waals surface area contributed by atoms with E-state index in [4.69, 9.17) is 0 Å². The third-order valence-electron chi connectivity index (χ3n) is 4.24. The minimum atomic E-state index is -0.398. The molecule has 0 bridgehead atoms. The number of para-hydroxylation sites is 1. The van der Waals surface area contributed by atoms with Crippen molar-refractivity contribution in [1.29, 1.82) is 0 Å². The SMILES string of the molecule is C=CCCn1c2ccccc2sc2ccccc2c2c(=O)c(=O)c21. The highest BCUT2D eigenvalue weighted by molar-refractivity contribution is 7.24. The Labute approximate surface area is 142 Å². The molecule has 3 aromatic carbocycles. The third kappa shape index (κ3) is 2.11. The first-order chi connectivity index (χ1) is 11.7. The highest BCUT2D eigenvalue weighted by Crippen LogP contribution is 2.29. The van der Waals surface area contributed by atoms with Crippen LogP contribution in [0.1, 0.15) is 6.42 Å². The number of benzene rings is 2. The van der Waals surface area contributed by atoms with Crippen molar-refractivity contribution < 1.29 is 0 Å². The fourth-order valence-corrected chi connectivity index (χ4v) is 4.20. The molecular weight excluding hydrogens is 318 g/mol. The van der Waals surface area contributed by atoms with Gasteiger partial charge in [-0.05, 0) is 24.6 Å². The molecule has 0 unspecified atom stereocenters. The highest BCUT2D eigenvalue weighted by atomic mass is 32.1. The number of rotatable bonds is 3. The summed E-state index contributed by atoms with van der Waals surface area (Å²) in [4.78, 5) is 24.7. The first kappa shape index (κ1) is 14.8. The number of nitrogens with zero attached hydrogens (tertiary/aromatic N) is 1. The van der Waals surface area contributed by atoms with Crippen molar-refractivity contribution >= 4 is 42.5 Å². The summed E-state index contributed by atoms with van der Waals surface area (Å²) in [5, 5.41) is 1.39. The van der Waals surface area contributed by atoms with Gasteiger partial charge in [-0.2, -0.15) is 0 Å². The van der Waals surface area contributed by atoms with Crippen molar-refractivity contribution in [3.63, 3.8) is 0 Å². The molecule has 0 aliphatic carbocycles. The van der Waals surface area contributed by atoms with E-state index in [2.05, 4.69) is 6.58 Å². The third-order valence-corrected chi connectivity index (χ3v) is 5.39. The average molecular weight is 333 g/mol. The van der Waals surface area contributed by atoms with Crippen LogP contribution in [0.4, 0.5) is 0 Å². The van der Waals surface area contributed by atoms with E-state index < -0.39 is 5.43 Å². The molecule has 4 aromatic rings. The Morgan fingerprint density at radius 2 is 1.67 bits per heavy atom. The van der Waals surface area contributed by atoms with Crippen molar-refractivity contribution in [3.8, 4) is 0 Å². The van der Waals surface area contributed by atoms with E-state index in [-0.39, 0.29) is 5.43 Å². The van der Waals surface area contributed by atoms with Crippen molar-refractivity contribution in [2.75, 3.05) is 0 Å².